The molecule has 0 bridgehead atoms. The molecular weight excluding hydrogens is 196 g/mol. The number of ketones is 1. The Balaban J connectivity index is 2.55. The minimum absolute atomic E-state index is 0.0340. The highest BCUT2D eigenvalue weighted by Crippen LogP contribution is 2.12. The van der Waals surface area contributed by atoms with Crippen LogP contribution in [0.4, 0.5) is 4.79 Å². The maximum atomic E-state index is 11.5. The van der Waals surface area contributed by atoms with Crippen molar-refractivity contribution in [3.63, 3.8) is 0 Å². The maximum absolute atomic E-state index is 11.5. The van der Waals surface area contributed by atoms with Gasteiger partial charge in [0.05, 0.1) is 12.3 Å². The number of Topliss-reactive ketones (excluding diaryl/α,β-unsaturated/α-hetero) is 1. The number of likely N-dealkylation sites (tertiary alicyclic amines) is 1. The van der Waals surface area contributed by atoms with Crippen molar-refractivity contribution in [2.24, 2.45) is 0 Å². The first-order valence-corrected chi connectivity index (χ1v) is 4.88. The van der Waals surface area contributed by atoms with Gasteiger partial charge >= 0.3 is 6.09 Å². The molecule has 1 aliphatic heterocycles. The Bertz CT molecular complexity index is 304. The fraction of sp³-hybridized carbons (Fsp3) is 0.700. The van der Waals surface area contributed by atoms with Crippen molar-refractivity contribution in [3.8, 4) is 0 Å². The minimum atomic E-state index is -0.551. The van der Waals surface area contributed by atoms with Crippen LogP contribution in [-0.2, 0) is 9.53 Å². The van der Waals surface area contributed by atoms with Crippen LogP contribution in [0.1, 0.15) is 27.2 Å². The Morgan fingerprint density at radius 3 is 2.53 bits per heavy atom. The van der Waals surface area contributed by atoms with Crippen molar-refractivity contribution in [2.75, 3.05) is 13.1 Å². The molecule has 1 saturated heterocycles. The number of amides is 1. The van der Waals surface area contributed by atoms with Gasteiger partial charge in [0.25, 0.3) is 0 Å². The zero-order chi connectivity index (χ0) is 11.6. The average Bonchev–Trinajstić information content (AvgIpc) is 2.06. The molecule has 0 aromatic heterocycles. The van der Waals surface area contributed by atoms with Crippen molar-refractivity contribution < 1.29 is 14.3 Å². The lowest BCUT2D eigenvalue weighted by Crippen LogP contribution is -2.46. The predicted molar refractivity (Wildman–Crippen MR) is 55.2 cm³/mol. The molecule has 1 rings (SSSR count). The number of hydrogen-bond donors (Lipinski definition) is 1. The number of rotatable bonds is 0. The second kappa shape index (κ2) is 4.00. The summed E-state index contributed by atoms with van der Waals surface area (Å²) in [4.78, 5) is 24.1. The van der Waals surface area contributed by atoms with Crippen LogP contribution in [0, 0.1) is 5.41 Å². The fourth-order valence-corrected chi connectivity index (χ4v) is 1.22. The zero-order valence-electron chi connectivity index (χ0n) is 9.29. The van der Waals surface area contributed by atoms with Gasteiger partial charge in [-0.2, -0.15) is 0 Å². The van der Waals surface area contributed by atoms with E-state index in [-0.39, 0.29) is 18.0 Å². The number of nitrogens with one attached hydrogen (secondary N) is 1. The van der Waals surface area contributed by atoms with E-state index in [4.69, 9.17) is 10.1 Å². The Labute approximate surface area is 88.9 Å². The van der Waals surface area contributed by atoms with E-state index in [0.717, 1.165) is 0 Å². The normalized spacial score (nSPS) is 17.9. The zero-order valence-corrected chi connectivity index (χ0v) is 9.29. The number of carbonyl (C=O) groups is 2. The Morgan fingerprint density at radius 2 is 2.07 bits per heavy atom. The molecular formula is C10H16N2O3. The minimum Gasteiger partial charge on any atom is -0.444 e. The summed E-state index contributed by atoms with van der Waals surface area (Å²) >= 11 is 0. The van der Waals surface area contributed by atoms with Crippen molar-refractivity contribution in [2.45, 2.75) is 32.8 Å². The van der Waals surface area contributed by atoms with Gasteiger partial charge in [0, 0.05) is 13.0 Å². The summed E-state index contributed by atoms with van der Waals surface area (Å²) in [7, 11) is 0. The summed E-state index contributed by atoms with van der Waals surface area (Å²) in [5.74, 6) is -0.299. The van der Waals surface area contributed by atoms with Crippen LogP contribution in [0.15, 0.2) is 0 Å². The summed E-state index contributed by atoms with van der Waals surface area (Å²) in [5, 5.41) is 7.28. The quantitative estimate of drug-likeness (QED) is 0.656. The lowest BCUT2D eigenvalue weighted by Gasteiger charge is -2.29. The third kappa shape index (κ3) is 3.34. The smallest absolute Gasteiger partial charge is 0.410 e. The lowest BCUT2D eigenvalue weighted by molar-refractivity contribution is -0.115. The van der Waals surface area contributed by atoms with Crippen molar-refractivity contribution in [1.82, 2.24) is 4.90 Å². The van der Waals surface area contributed by atoms with Crippen LogP contribution < -0.4 is 0 Å². The SMILES string of the molecule is CC(C)(C)OC(=O)N1CCC(=N)C(=O)C1. The van der Waals surface area contributed by atoms with Gasteiger partial charge in [0.1, 0.15) is 5.60 Å². The third-order valence-electron chi connectivity index (χ3n) is 1.95. The average molecular weight is 212 g/mol. The molecule has 0 spiro atoms. The summed E-state index contributed by atoms with van der Waals surface area (Å²) in [5.41, 5.74) is -0.458. The van der Waals surface area contributed by atoms with Gasteiger partial charge in [-0.05, 0) is 20.8 Å². The van der Waals surface area contributed by atoms with E-state index >= 15 is 0 Å². The van der Waals surface area contributed by atoms with Crippen LogP contribution in [-0.4, -0.2) is 41.2 Å². The van der Waals surface area contributed by atoms with Crippen LogP contribution in [0.5, 0.6) is 0 Å². The van der Waals surface area contributed by atoms with Gasteiger partial charge in [-0.3, -0.25) is 4.79 Å². The van der Waals surface area contributed by atoms with E-state index in [1.54, 1.807) is 20.8 Å². The highest BCUT2D eigenvalue weighted by molar-refractivity contribution is 6.40. The standard InChI is InChI=1S/C10H16N2O3/c1-10(2,3)15-9(14)12-5-4-7(11)8(13)6-12/h11H,4-6H2,1-3H3. The van der Waals surface area contributed by atoms with Crippen LogP contribution in [0.25, 0.3) is 0 Å². The molecule has 1 heterocycles. The Kier molecular flexibility index (Phi) is 3.12. The van der Waals surface area contributed by atoms with Gasteiger partial charge in [0.15, 0.2) is 5.78 Å². The molecule has 15 heavy (non-hydrogen) atoms. The molecule has 0 saturated carbocycles. The molecule has 0 unspecified atom stereocenters. The molecule has 1 N–H and O–H groups in total. The fourth-order valence-electron chi connectivity index (χ4n) is 1.22. The van der Waals surface area contributed by atoms with Crippen molar-refractivity contribution in [3.05, 3.63) is 0 Å². The van der Waals surface area contributed by atoms with E-state index < -0.39 is 11.7 Å². The second-order valence-corrected chi connectivity index (χ2v) is 4.55. The number of carbonyl (C=O) groups excluding carboxylic acids is 2. The van der Waals surface area contributed by atoms with Gasteiger partial charge in [-0.15, -0.1) is 0 Å². The van der Waals surface area contributed by atoms with Crippen LogP contribution >= 0.6 is 0 Å². The largest absolute Gasteiger partial charge is 0.444 e. The molecule has 0 aromatic carbocycles. The second-order valence-electron chi connectivity index (χ2n) is 4.55. The Morgan fingerprint density at radius 1 is 1.47 bits per heavy atom. The summed E-state index contributed by atoms with van der Waals surface area (Å²) in [6.45, 7) is 5.68. The molecule has 0 aliphatic carbocycles. The van der Waals surface area contributed by atoms with E-state index in [2.05, 4.69) is 0 Å². The number of hydrogen-bond acceptors (Lipinski definition) is 4. The summed E-state index contributed by atoms with van der Waals surface area (Å²) < 4.78 is 5.13. The Hall–Kier alpha value is -1.39. The molecule has 5 nitrogen and oxygen atoms in total. The van der Waals surface area contributed by atoms with Gasteiger partial charge in [0.2, 0.25) is 0 Å². The predicted octanol–water partition coefficient (Wildman–Crippen LogP) is 1.22. The van der Waals surface area contributed by atoms with Crippen molar-refractivity contribution in [1.29, 1.82) is 5.41 Å². The first-order chi connectivity index (χ1) is 6.79. The molecule has 0 radical (unpaired) electrons. The van der Waals surface area contributed by atoms with Crippen molar-refractivity contribution >= 4 is 17.6 Å². The molecule has 1 aliphatic rings. The van der Waals surface area contributed by atoms with E-state index in [1.165, 1.54) is 4.90 Å². The van der Waals surface area contributed by atoms with E-state index in [0.29, 0.717) is 13.0 Å². The van der Waals surface area contributed by atoms with Gasteiger partial charge in [-0.1, -0.05) is 0 Å². The topological polar surface area (TPSA) is 70.5 Å². The molecule has 1 amide bonds. The first-order valence-electron chi connectivity index (χ1n) is 4.88. The van der Waals surface area contributed by atoms with Gasteiger partial charge in [-0.25, -0.2) is 4.79 Å². The van der Waals surface area contributed by atoms with Gasteiger partial charge < -0.3 is 15.0 Å². The van der Waals surface area contributed by atoms with Crippen LogP contribution in [0.3, 0.4) is 0 Å². The summed E-state index contributed by atoms with van der Waals surface area (Å²) in [6, 6.07) is 0. The summed E-state index contributed by atoms with van der Waals surface area (Å²) in [6.07, 6.45) is -0.165. The number of piperidine rings is 1. The molecule has 0 aromatic rings. The monoisotopic (exact) mass is 212 g/mol. The van der Waals surface area contributed by atoms with E-state index in [9.17, 15) is 9.59 Å². The van der Waals surface area contributed by atoms with Crippen LogP contribution in [0.2, 0.25) is 0 Å². The molecule has 0 atom stereocenters. The highest BCUT2D eigenvalue weighted by Gasteiger charge is 2.28. The maximum Gasteiger partial charge on any atom is 0.410 e. The first kappa shape index (κ1) is 11.7. The highest BCUT2D eigenvalue weighted by atomic mass is 16.6. The molecule has 1 fully saturated rings. The molecule has 5 heteroatoms. The number of ether oxygens (including phenoxy) is 1. The molecule has 84 valence electrons. The lowest BCUT2D eigenvalue weighted by atomic mass is 10.1. The number of nitrogens with zero attached hydrogens (tertiary/aromatic N) is 1. The third-order valence-corrected chi connectivity index (χ3v) is 1.95. The van der Waals surface area contributed by atoms with E-state index in [1.807, 2.05) is 0 Å².